The second-order valence-corrected chi connectivity index (χ2v) is 6.22. The van der Waals surface area contributed by atoms with Gasteiger partial charge in [0.2, 0.25) is 0 Å². The quantitative estimate of drug-likeness (QED) is 0.509. The van der Waals surface area contributed by atoms with E-state index in [0.29, 0.717) is 13.1 Å². The van der Waals surface area contributed by atoms with Gasteiger partial charge in [0.05, 0.1) is 16.8 Å². The van der Waals surface area contributed by atoms with E-state index in [1.165, 1.54) is 4.70 Å². The van der Waals surface area contributed by atoms with Crippen LogP contribution in [0.2, 0.25) is 0 Å². The summed E-state index contributed by atoms with van der Waals surface area (Å²) in [6.45, 7) is 5.27. The molecule has 0 aliphatic heterocycles. The van der Waals surface area contributed by atoms with E-state index < -0.39 is 0 Å². The van der Waals surface area contributed by atoms with E-state index in [1.807, 2.05) is 29.2 Å². The summed E-state index contributed by atoms with van der Waals surface area (Å²) >= 11 is 1.69. The number of benzene rings is 2. The molecule has 0 fully saturated rings. The van der Waals surface area contributed by atoms with Crippen LogP contribution in [0, 0.1) is 6.92 Å². The molecule has 0 bridgehead atoms. The van der Waals surface area contributed by atoms with Gasteiger partial charge < -0.3 is 16.9 Å². The molecule has 0 aliphatic carbocycles. The van der Waals surface area contributed by atoms with Gasteiger partial charge in [0.1, 0.15) is 5.01 Å². The van der Waals surface area contributed by atoms with E-state index >= 15 is 0 Å². The van der Waals surface area contributed by atoms with Crippen molar-refractivity contribution in [3.8, 4) is 0 Å². The fourth-order valence-corrected chi connectivity index (χ4v) is 3.29. The summed E-state index contributed by atoms with van der Waals surface area (Å²) in [7, 11) is 0. The molecule has 5 heteroatoms. The van der Waals surface area contributed by atoms with Gasteiger partial charge in [-0.1, -0.05) is 30.3 Å². The zero-order valence-electron chi connectivity index (χ0n) is 13.2. The second kappa shape index (κ2) is 9.10. The van der Waals surface area contributed by atoms with Gasteiger partial charge in [-0.3, -0.25) is 0 Å². The van der Waals surface area contributed by atoms with E-state index in [2.05, 4.69) is 48.3 Å². The SMILES string of the molecule is [CH2-]CN(CCO)c1ccc(/C=C/c2nc3ccccc3s2)cc1.[Re]. The fourth-order valence-electron chi connectivity index (χ4n) is 2.42. The first kappa shape index (κ1) is 18.8. The van der Waals surface area contributed by atoms with E-state index in [1.54, 1.807) is 11.3 Å². The van der Waals surface area contributed by atoms with Crippen LogP contribution in [0.15, 0.2) is 48.5 Å². The smallest absolute Gasteiger partial charge is 0.117 e. The average molecular weight is 510 g/mol. The van der Waals surface area contributed by atoms with E-state index in [-0.39, 0.29) is 27.0 Å². The zero-order valence-corrected chi connectivity index (χ0v) is 16.8. The van der Waals surface area contributed by atoms with Crippen LogP contribution in [0.25, 0.3) is 22.4 Å². The molecule has 3 rings (SSSR count). The molecule has 0 spiro atoms. The number of rotatable bonds is 6. The molecule has 0 atom stereocenters. The van der Waals surface area contributed by atoms with Crippen LogP contribution in [0.3, 0.4) is 0 Å². The van der Waals surface area contributed by atoms with E-state index in [9.17, 15) is 0 Å². The topological polar surface area (TPSA) is 36.4 Å². The molecule has 3 nitrogen and oxygen atoms in total. The van der Waals surface area contributed by atoms with Crippen molar-refractivity contribution in [1.82, 2.24) is 4.98 Å². The fraction of sp³-hybridized carbons (Fsp3) is 0.158. The van der Waals surface area contributed by atoms with Crippen molar-refractivity contribution in [3.05, 3.63) is 66.0 Å². The minimum atomic E-state index is 0. The third-order valence-electron chi connectivity index (χ3n) is 3.63. The molecule has 0 amide bonds. The zero-order chi connectivity index (χ0) is 16.1. The molecular weight excluding hydrogens is 490 g/mol. The number of hydrogen-bond acceptors (Lipinski definition) is 4. The number of aliphatic hydroxyl groups is 1. The molecule has 0 unspecified atom stereocenters. The van der Waals surface area contributed by atoms with Crippen molar-refractivity contribution >= 4 is 39.4 Å². The maximum absolute atomic E-state index is 9.07. The number of aromatic nitrogens is 1. The van der Waals surface area contributed by atoms with Crippen molar-refractivity contribution < 1.29 is 25.5 Å². The number of hydrogen-bond donors (Lipinski definition) is 1. The Hall–Kier alpha value is -1.51. The largest absolute Gasteiger partial charge is 0.399 e. The van der Waals surface area contributed by atoms with Gasteiger partial charge >= 0.3 is 0 Å². The molecule has 3 aromatic rings. The van der Waals surface area contributed by atoms with Gasteiger partial charge in [-0.05, 0) is 35.9 Å². The van der Waals surface area contributed by atoms with Gasteiger partial charge in [-0.15, -0.1) is 17.9 Å². The third-order valence-corrected chi connectivity index (χ3v) is 4.63. The Morgan fingerprint density at radius 1 is 1.08 bits per heavy atom. The van der Waals surface area contributed by atoms with Gasteiger partial charge in [-0.25, -0.2) is 4.98 Å². The Morgan fingerprint density at radius 3 is 2.50 bits per heavy atom. The number of fused-ring (bicyclic) bond motifs is 1. The standard InChI is InChI=1S/C19H19N2OS.Re/c1-2-21(13-14-22)16-10-7-15(8-11-16)9-12-19-20-17-5-3-4-6-18(17)23-19;/h3-12,22H,1-2,13-14H2;/q-1;/b12-9+;. The first-order valence-electron chi connectivity index (χ1n) is 7.59. The normalized spacial score (nSPS) is 10.9. The van der Waals surface area contributed by atoms with E-state index in [0.717, 1.165) is 21.8 Å². The van der Waals surface area contributed by atoms with Crippen molar-refractivity contribution in [1.29, 1.82) is 0 Å². The van der Waals surface area contributed by atoms with Gasteiger partial charge in [-0.2, -0.15) is 0 Å². The molecule has 1 radical (unpaired) electrons. The summed E-state index contributed by atoms with van der Waals surface area (Å²) in [6.07, 6.45) is 4.12. The minimum absolute atomic E-state index is 0. The maximum Gasteiger partial charge on any atom is 0.117 e. The number of para-hydroxylation sites is 1. The maximum atomic E-state index is 9.07. The monoisotopic (exact) mass is 510 g/mol. The molecule has 0 saturated heterocycles. The number of nitrogens with zero attached hydrogens (tertiary/aromatic N) is 2. The summed E-state index contributed by atoms with van der Waals surface area (Å²) in [4.78, 5) is 6.64. The average Bonchev–Trinajstić information content (AvgIpc) is 3.01. The second-order valence-electron chi connectivity index (χ2n) is 5.16. The molecule has 1 heterocycles. The molecule has 0 aliphatic rings. The number of anilines is 1. The molecule has 2 aromatic carbocycles. The Kier molecular flexibility index (Phi) is 7.14. The summed E-state index contributed by atoms with van der Waals surface area (Å²) in [5.41, 5.74) is 3.25. The van der Waals surface area contributed by atoms with Crippen LogP contribution in [0.4, 0.5) is 5.69 Å². The first-order valence-corrected chi connectivity index (χ1v) is 8.40. The van der Waals surface area contributed by atoms with Crippen molar-refractivity contribution in [3.63, 3.8) is 0 Å². The number of thiazole rings is 1. The summed E-state index contributed by atoms with van der Waals surface area (Å²) in [5.74, 6) is 0. The molecule has 1 aromatic heterocycles. The predicted molar refractivity (Wildman–Crippen MR) is 99.6 cm³/mol. The Bertz CT molecular complexity index is 765. The van der Waals surface area contributed by atoms with Crippen LogP contribution in [0.1, 0.15) is 10.6 Å². The first-order chi connectivity index (χ1) is 11.3. The van der Waals surface area contributed by atoms with Crippen LogP contribution in [-0.2, 0) is 20.4 Å². The van der Waals surface area contributed by atoms with Gasteiger partial charge in [0.15, 0.2) is 0 Å². The molecule has 1 N–H and O–H groups in total. The van der Waals surface area contributed by atoms with Crippen LogP contribution in [-0.4, -0.2) is 29.8 Å². The summed E-state index contributed by atoms with van der Waals surface area (Å²) in [6, 6.07) is 16.4. The van der Waals surface area contributed by atoms with Gasteiger partial charge in [0, 0.05) is 32.7 Å². The molecule has 24 heavy (non-hydrogen) atoms. The van der Waals surface area contributed by atoms with Crippen LogP contribution in [0.5, 0.6) is 0 Å². The Morgan fingerprint density at radius 2 is 1.83 bits per heavy atom. The van der Waals surface area contributed by atoms with Crippen LogP contribution >= 0.6 is 11.3 Å². The van der Waals surface area contributed by atoms with Gasteiger partial charge in [0.25, 0.3) is 0 Å². The summed E-state index contributed by atoms with van der Waals surface area (Å²) < 4.78 is 1.21. The van der Waals surface area contributed by atoms with Crippen molar-refractivity contribution in [2.45, 2.75) is 0 Å². The van der Waals surface area contributed by atoms with E-state index in [4.69, 9.17) is 5.11 Å². The summed E-state index contributed by atoms with van der Waals surface area (Å²) in [5, 5.41) is 10.1. The number of aliphatic hydroxyl groups excluding tert-OH is 1. The molecular formula is C19H19N2OReS-. The minimum Gasteiger partial charge on any atom is -0.399 e. The predicted octanol–water partition coefficient (Wildman–Crippen LogP) is 4.10. The molecule has 0 saturated carbocycles. The van der Waals surface area contributed by atoms with Crippen molar-refractivity contribution in [2.24, 2.45) is 0 Å². The van der Waals surface area contributed by atoms with Crippen molar-refractivity contribution in [2.75, 3.05) is 24.6 Å². The molecule has 125 valence electrons. The Labute approximate surface area is 160 Å². The third kappa shape index (κ3) is 4.52. The van der Waals surface area contributed by atoms with Crippen LogP contribution < -0.4 is 4.90 Å². The Balaban J connectivity index is 0.00000208.